The predicted molar refractivity (Wildman–Crippen MR) is 114 cm³/mol. The lowest BCUT2D eigenvalue weighted by Gasteiger charge is -2.63. The van der Waals surface area contributed by atoms with Gasteiger partial charge in [-0.15, -0.1) is 0 Å². The second-order valence-corrected chi connectivity index (χ2v) is 10.9. The van der Waals surface area contributed by atoms with Crippen LogP contribution in [0.4, 0.5) is 4.39 Å². The number of aliphatic hydroxyl groups excluding tert-OH is 1. The van der Waals surface area contributed by atoms with E-state index in [-0.39, 0.29) is 36.4 Å². The molecule has 1 aliphatic heterocycles. The molecule has 0 unspecified atom stereocenters. The third kappa shape index (κ3) is 2.56. The third-order valence-electron chi connectivity index (χ3n) is 9.76. The minimum atomic E-state index is -1.96. The quantitative estimate of drug-likeness (QED) is 0.629. The highest BCUT2D eigenvalue weighted by Crippen LogP contribution is 2.72. The van der Waals surface area contributed by atoms with Crippen LogP contribution in [-0.4, -0.2) is 61.0 Å². The van der Waals surface area contributed by atoms with E-state index in [1.54, 1.807) is 13.0 Å². The van der Waals surface area contributed by atoms with Crippen LogP contribution in [0.15, 0.2) is 23.8 Å². The molecule has 5 rings (SSSR count). The molecule has 7 nitrogen and oxygen atoms in total. The standard InChI is InChI=1S/C25H33FO7/c1-14-10-18-17-7-6-15-11-16(27)8-9-21(15,2)23(17,26)19(28)12-22(18,3)24(14)20(29)13-32-25(30-4,31-5)33-24/h8-9,11,14,17-19,28H,6-7,10,12-13H2,1-5H3/t14-,17+,18+,19+,21+,22+,23+,24+/m1/s1. The summed E-state index contributed by atoms with van der Waals surface area (Å²) in [6.45, 7) is 5.39. The smallest absolute Gasteiger partial charge is 0.390 e. The number of carbonyl (C=O) groups excluding carboxylic acids is 2. The number of methoxy groups -OCH3 is 2. The molecule has 0 aromatic heterocycles. The largest absolute Gasteiger partial charge is 0.413 e. The van der Waals surface area contributed by atoms with Crippen molar-refractivity contribution in [1.29, 1.82) is 0 Å². The maximum absolute atomic E-state index is 17.3. The predicted octanol–water partition coefficient (Wildman–Crippen LogP) is 2.86. The van der Waals surface area contributed by atoms with Crippen molar-refractivity contribution in [1.82, 2.24) is 0 Å². The van der Waals surface area contributed by atoms with Gasteiger partial charge in [-0.1, -0.05) is 25.5 Å². The maximum atomic E-state index is 17.3. The molecule has 4 fully saturated rings. The molecule has 0 aromatic rings. The van der Waals surface area contributed by atoms with Gasteiger partial charge in [0.15, 0.2) is 17.2 Å². The van der Waals surface area contributed by atoms with Gasteiger partial charge in [-0.25, -0.2) is 4.39 Å². The molecule has 4 aliphatic carbocycles. The summed E-state index contributed by atoms with van der Waals surface area (Å²) < 4.78 is 39.8. The molecule has 1 saturated heterocycles. The summed E-state index contributed by atoms with van der Waals surface area (Å²) in [7, 11) is 2.75. The Balaban J connectivity index is 1.62. The highest BCUT2D eigenvalue weighted by atomic mass is 19.1. The number of hydrogen-bond acceptors (Lipinski definition) is 7. The fraction of sp³-hybridized carbons (Fsp3) is 0.760. The van der Waals surface area contributed by atoms with Gasteiger partial charge in [0, 0.05) is 31.0 Å². The fourth-order valence-electron chi connectivity index (χ4n) is 8.17. The molecule has 0 amide bonds. The lowest BCUT2D eigenvalue weighted by molar-refractivity contribution is -0.522. The van der Waals surface area contributed by atoms with Crippen molar-refractivity contribution >= 4 is 11.6 Å². The summed E-state index contributed by atoms with van der Waals surface area (Å²) in [5.74, 6) is -1.39. The Morgan fingerprint density at radius 1 is 1.18 bits per heavy atom. The zero-order valence-corrected chi connectivity index (χ0v) is 19.9. The summed E-state index contributed by atoms with van der Waals surface area (Å²) in [6.07, 6.45) is 3.03. The van der Waals surface area contributed by atoms with Gasteiger partial charge in [0.2, 0.25) is 0 Å². The highest BCUT2D eigenvalue weighted by Gasteiger charge is 2.78. The minimum absolute atomic E-state index is 0.0366. The third-order valence-corrected chi connectivity index (χ3v) is 9.76. The lowest BCUT2D eigenvalue weighted by Crippen LogP contribution is -2.72. The summed E-state index contributed by atoms with van der Waals surface area (Å²) >= 11 is 0. The molecule has 33 heavy (non-hydrogen) atoms. The van der Waals surface area contributed by atoms with E-state index < -0.39 is 40.3 Å². The van der Waals surface area contributed by atoms with Crippen molar-refractivity contribution in [3.63, 3.8) is 0 Å². The normalized spacial score (nSPS) is 50.6. The molecular formula is C25H33FO7. The van der Waals surface area contributed by atoms with Crippen molar-refractivity contribution in [3.8, 4) is 0 Å². The molecule has 8 heteroatoms. The van der Waals surface area contributed by atoms with Crippen molar-refractivity contribution in [2.24, 2.45) is 28.6 Å². The Kier molecular flexibility index (Phi) is 4.97. The van der Waals surface area contributed by atoms with Crippen LogP contribution >= 0.6 is 0 Å². The minimum Gasteiger partial charge on any atom is -0.390 e. The fourth-order valence-corrected chi connectivity index (χ4v) is 8.17. The first kappa shape index (κ1) is 23.3. The average molecular weight is 465 g/mol. The molecule has 0 aromatic carbocycles. The Hall–Kier alpha value is -1.45. The summed E-state index contributed by atoms with van der Waals surface area (Å²) in [4.78, 5) is 25.5. The lowest BCUT2D eigenvalue weighted by atomic mass is 9.44. The highest BCUT2D eigenvalue weighted by molar-refractivity contribution is 6.01. The van der Waals surface area contributed by atoms with E-state index in [9.17, 15) is 14.7 Å². The van der Waals surface area contributed by atoms with E-state index in [1.807, 2.05) is 13.8 Å². The SMILES string of the molecule is COC1(OC)OCC(=O)[C@@]2(O1)[C@H](C)C[C@H]1[C@@H]3CCC4=CC(=O)C=C[C@]4(C)[C@@]3(F)[C@@H](O)C[C@@]12C. The van der Waals surface area contributed by atoms with E-state index in [4.69, 9.17) is 18.9 Å². The number of rotatable bonds is 2. The zero-order valence-electron chi connectivity index (χ0n) is 19.9. The Bertz CT molecular complexity index is 956. The number of halogens is 1. The first-order chi connectivity index (χ1) is 15.4. The van der Waals surface area contributed by atoms with Gasteiger partial charge in [0.05, 0.1) is 6.10 Å². The molecule has 3 saturated carbocycles. The van der Waals surface area contributed by atoms with Crippen LogP contribution in [-0.2, 0) is 28.5 Å². The van der Waals surface area contributed by atoms with E-state index in [0.717, 1.165) is 5.57 Å². The van der Waals surface area contributed by atoms with Crippen molar-refractivity contribution in [3.05, 3.63) is 23.8 Å². The second kappa shape index (κ2) is 7.04. The van der Waals surface area contributed by atoms with Crippen molar-refractivity contribution in [2.75, 3.05) is 20.8 Å². The Morgan fingerprint density at radius 3 is 2.55 bits per heavy atom. The number of alkyl halides is 1. The van der Waals surface area contributed by atoms with Crippen LogP contribution in [0.2, 0.25) is 0 Å². The first-order valence-electron chi connectivity index (χ1n) is 11.7. The van der Waals surface area contributed by atoms with Crippen LogP contribution in [0, 0.1) is 28.6 Å². The molecule has 1 heterocycles. The molecular weight excluding hydrogens is 431 g/mol. The summed E-state index contributed by atoms with van der Waals surface area (Å²) in [5, 5.41) is 11.5. The van der Waals surface area contributed by atoms with Gasteiger partial charge in [0.25, 0.3) is 0 Å². The first-order valence-corrected chi connectivity index (χ1v) is 11.7. The van der Waals surface area contributed by atoms with Crippen LogP contribution < -0.4 is 0 Å². The van der Waals surface area contributed by atoms with E-state index in [2.05, 4.69) is 0 Å². The van der Waals surface area contributed by atoms with Gasteiger partial charge >= 0.3 is 6.16 Å². The zero-order chi connectivity index (χ0) is 24.0. The maximum Gasteiger partial charge on any atom is 0.413 e. The number of Topliss-reactive ketones (excluding diaryl/α,β-unsaturated/α-hetero) is 1. The summed E-state index contributed by atoms with van der Waals surface area (Å²) in [6, 6.07) is 0. The van der Waals surface area contributed by atoms with Crippen molar-refractivity contribution < 1.29 is 38.0 Å². The Labute approximate surface area is 193 Å². The van der Waals surface area contributed by atoms with Crippen molar-refractivity contribution in [2.45, 2.75) is 70.0 Å². The van der Waals surface area contributed by atoms with Gasteiger partial charge in [-0.3, -0.25) is 19.1 Å². The van der Waals surface area contributed by atoms with E-state index >= 15 is 4.39 Å². The monoisotopic (exact) mass is 464 g/mol. The topological polar surface area (TPSA) is 91.3 Å². The van der Waals surface area contributed by atoms with Crippen LogP contribution in [0.3, 0.4) is 0 Å². The number of carbonyl (C=O) groups is 2. The molecule has 1 spiro atoms. The van der Waals surface area contributed by atoms with Gasteiger partial charge < -0.3 is 14.6 Å². The molecule has 0 radical (unpaired) electrons. The number of aliphatic hydroxyl groups is 1. The van der Waals surface area contributed by atoms with Crippen LogP contribution in [0.5, 0.6) is 0 Å². The molecule has 1 N–H and O–H groups in total. The summed E-state index contributed by atoms with van der Waals surface area (Å²) in [5.41, 5.74) is -4.51. The second-order valence-electron chi connectivity index (χ2n) is 10.9. The number of ether oxygens (including phenoxy) is 4. The molecule has 182 valence electrons. The van der Waals surface area contributed by atoms with E-state index in [1.165, 1.54) is 26.4 Å². The number of fused-ring (bicyclic) bond motifs is 6. The molecule has 5 aliphatic rings. The molecule has 8 atom stereocenters. The van der Waals surface area contributed by atoms with Crippen LogP contribution in [0.1, 0.15) is 46.5 Å². The van der Waals surface area contributed by atoms with Crippen LogP contribution in [0.25, 0.3) is 0 Å². The average Bonchev–Trinajstić information content (AvgIpc) is 2.99. The Morgan fingerprint density at radius 2 is 1.88 bits per heavy atom. The molecule has 0 bridgehead atoms. The van der Waals surface area contributed by atoms with Gasteiger partial charge in [-0.2, -0.15) is 0 Å². The number of hydrogen-bond donors (Lipinski definition) is 1. The number of ketones is 2. The number of allylic oxidation sites excluding steroid dienone is 4. The van der Waals surface area contributed by atoms with Gasteiger partial charge in [-0.05, 0) is 56.6 Å². The van der Waals surface area contributed by atoms with Gasteiger partial charge in [0.1, 0.15) is 12.2 Å². The van der Waals surface area contributed by atoms with E-state index in [0.29, 0.717) is 19.3 Å².